The molecule has 182 valence electrons. The molecule has 0 spiro atoms. The summed E-state index contributed by atoms with van der Waals surface area (Å²) in [4.78, 5) is 19.9. The minimum absolute atomic E-state index is 0.0400. The molecule has 0 bridgehead atoms. The van der Waals surface area contributed by atoms with E-state index in [9.17, 15) is 18.0 Å². The SMILES string of the molecule is CN(Cc1ccccc1)C(=O)[C@H]1Cc2cc(C(F)(F)F)ccc2N2CCN(c3ccccc3)C[C@@H]12. The Morgan fingerprint density at radius 1 is 0.971 bits per heavy atom. The smallest absolute Gasteiger partial charge is 0.368 e. The van der Waals surface area contributed by atoms with E-state index in [1.807, 2.05) is 48.5 Å². The van der Waals surface area contributed by atoms with Crippen molar-refractivity contribution in [3.05, 3.63) is 95.6 Å². The zero-order valence-electron chi connectivity index (χ0n) is 19.6. The van der Waals surface area contributed by atoms with Gasteiger partial charge in [-0.1, -0.05) is 48.5 Å². The highest BCUT2D eigenvalue weighted by Crippen LogP contribution is 2.40. The van der Waals surface area contributed by atoms with E-state index in [-0.39, 0.29) is 11.9 Å². The largest absolute Gasteiger partial charge is 0.416 e. The van der Waals surface area contributed by atoms with Crippen molar-refractivity contribution < 1.29 is 18.0 Å². The Labute approximate surface area is 203 Å². The van der Waals surface area contributed by atoms with Crippen LogP contribution in [-0.2, 0) is 23.9 Å². The topological polar surface area (TPSA) is 26.8 Å². The molecule has 2 aliphatic rings. The molecule has 5 rings (SSSR count). The van der Waals surface area contributed by atoms with Crippen molar-refractivity contribution in [2.24, 2.45) is 5.92 Å². The van der Waals surface area contributed by atoms with Gasteiger partial charge in [0.05, 0.1) is 17.5 Å². The minimum atomic E-state index is -4.42. The number of para-hydroxylation sites is 1. The van der Waals surface area contributed by atoms with Gasteiger partial charge in [-0.2, -0.15) is 13.2 Å². The predicted octanol–water partition coefficient (Wildman–Crippen LogP) is 5.23. The van der Waals surface area contributed by atoms with Gasteiger partial charge in [-0.25, -0.2) is 0 Å². The molecule has 0 radical (unpaired) electrons. The summed E-state index contributed by atoms with van der Waals surface area (Å²) in [5, 5.41) is 0. The van der Waals surface area contributed by atoms with Crippen LogP contribution in [0.4, 0.5) is 24.5 Å². The van der Waals surface area contributed by atoms with Crippen molar-refractivity contribution in [1.29, 1.82) is 0 Å². The van der Waals surface area contributed by atoms with E-state index in [0.717, 1.165) is 29.5 Å². The molecule has 0 N–H and O–H groups in total. The highest BCUT2D eigenvalue weighted by atomic mass is 19.4. The van der Waals surface area contributed by atoms with Crippen LogP contribution in [-0.4, -0.2) is 43.5 Å². The molecule has 2 aliphatic heterocycles. The molecule has 3 aromatic rings. The molecule has 35 heavy (non-hydrogen) atoms. The second-order valence-electron chi connectivity index (χ2n) is 9.37. The van der Waals surface area contributed by atoms with Gasteiger partial charge in [0.2, 0.25) is 5.91 Å². The summed E-state index contributed by atoms with van der Waals surface area (Å²) in [6.07, 6.45) is -4.12. The van der Waals surface area contributed by atoms with Gasteiger partial charge < -0.3 is 14.7 Å². The van der Waals surface area contributed by atoms with Crippen LogP contribution < -0.4 is 9.80 Å². The average molecular weight is 480 g/mol. The van der Waals surface area contributed by atoms with Gasteiger partial charge in [0.15, 0.2) is 0 Å². The van der Waals surface area contributed by atoms with Gasteiger partial charge in [-0.15, -0.1) is 0 Å². The second-order valence-corrected chi connectivity index (χ2v) is 9.37. The van der Waals surface area contributed by atoms with Crippen molar-refractivity contribution >= 4 is 17.3 Å². The zero-order valence-corrected chi connectivity index (χ0v) is 19.6. The van der Waals surface area contributed by atoms with E-state index in [1.54, 1.807) is 18.0 Å². The molecule has 4 nitrogen and oxygen atoms in total. The summed E-state index contributed by atoms with van der Waals surface area (Å²) in [6.45, 7) is 2.48. The molecule has 0 unspecified atom stereocenters. The number of rotatable bonds is 4. The first-order valence-corrected chi connectivity index (χ1v) is 11.9. The summed E-state index contributed by atoms with van der Waals surface area (Å²) in [6, 6.07) is 23.7. The lowest BCUT2D eigenvalue weighted by atomic mass is 9.82. The maximum atomic E-state index is 13.8. The van der Waals surface area contributed by atoms with Crippen molar-refractivity contribution in [2.75, 3.05) is 36.5 Å². The van der Waals surface area contributed by atoms with Crippen molar-refractivity contribution in [1.82, 2.24) is 4.90 Å². The lowest BCUT2D eigenvalue weighted by Gasteiger charge is -2.50. The number of benzene rings is 3. The highest BCUT2D eigenvalue weighted by Gasteiger charge is 2.43. The third-order valence-electron chi connectivity index (χ3n) is 7.12. The monoisotopic (exact) mass is 479 g/mol. The number of amides is 1. The summed E-state index contributed by atoms with van der Waals surface area (Å²) in [5.41, 5.74) is 2.85. The first-order chi connectivity index (χ1) is 16.8. The summed E-state index contributed by atoms with van der Waals surface area (Å²) >= 11 is 0. The average Bonchev–Trinajstić information content (AvgIpc) is 2.87. The number of hydrogen-bond donors (Lipinski definition) is 0. The number of hydrogen-bond acceptors (Lipinski definition) is 3. The number of halogens is 3. The molecular weight excluding hydrogens is 451 g/mol. The van der Waals surface area contributed by atoms with E-state index in [1.165, 1.54) is 6.07 Å². The minimum Gasteiger partial charge on any atom is -0.368 e. The number of piperazine rings is 1. The fraction of sp³-hybridized carbons (Fsp3) is 0.321. The van der Waals surface area contributed by atoms with Crippen molar-refractivity contribution in [3.8, 4) is 0 Å². The molecular formula is C28H28F3N3O. The lowest BCUT2D eigenvalue weighted by Crippen LogP contribution is -2.61. The third-order valence-corrected chi connectivity index (χ3v) is 7.12. The Kier molecular flexibility index (Phi) is 6.17. The standard InChI is InChI=1S/C28H28F3N3O/c1-32(18-20-8-4-2-5-9-20)27(35)24-17-21-16-22(28(29,30)31)12-13-25(21)34-15-14-33(19-26(24)34)23-10-6-3-7-11-23/h2-13,16,24,26H,14-15,17-19H2,1H3/t24-,26-/m0/s1. The van der Waals surface area contributed by atoms with Crippen LogP contribution in [0.3, 0.4) is 0 Å². The van der Waals surface area contributed by atoms with E-state index < -0.39 is 17.7 Å². The number of alkyl halides is 3. The maximum Gasteiger partial charge on any atom is 0.416 e. The van der Waals surface area contributed by atoms with Gasteiger partial charge in [0.1, 0.15) is 0 Å². The molecule has 1 fully saturated rings. The van der Waals surface area contributed by atoms with Crippen LogP contribution in [0, 0.1) is 5.92 Å². The van der Waals surface area contributed by atoms with Gasteiger partial charge in [0, 0.05) is 44.6 Å². The Morgan fingerprint density at radius 3 is 2.34 bits per heavy atom. The molecule has 7 heteroatoms. The van der Waals surface area contributed by atoms with Gasteiger partial charge in [-0.05, 0) is 47.9 Å². The van der Waals surface area contributed by atoms with Crippen LogP contribution >= 0.6 is 0 Å². The molecule has 2 heterocycles. The molecule has 0 aliphatic carbocycles. The molecule has 0 saturated carbocycles. The number of anilines is 2. The Hall–Kier alpha value is -3.48. The predicted molar refractivity (Wildman–Crippen MR) is 131 cm³/mol. The molecule has 0 aromatic heterocycles. The third kappa shape index (κ3) is 4.72. The highest BCUT2D eigenvalue weighted by molar-refractivity contribution is 5.82. The van der Waals surface area contributed by atoms with E-state index >= 15 is 0 Å². The number of carbonyl (C=O) groups excluding carboxylic acids is 1. The Morgan fingerprint density at radius 2 is 1.66 bits per heavy atom. The van der Waals surface area contributed by atoms with Gasteiger partial charge in [0.25, 0.3) is 0 Å². The van der Waals surface area contributed by atoms with E-state index in [0.29, 0.717) is 31.6 Å². The maximum absolute atomic E-state index is 13.8. The quantitative estimate of drug-likeness (QED) is 0.513. The molecule has 1 saturated heterocycles. The van der Waals surface area contributed by atoms with Gasteiger partial charge in [-0.3, -0.25) is 4.79 Å². The van der Waals surface area contributed by atoms with E-state index in [2.05, 4.69) is 21.9 Å². The Bertz CT molecular complexity index is 1180. The lowest BCUT2D eigenvalue weighted by molar-refractivity contribution is -0.137. The first-order valence-electron chi connectivity index (χ1n) is 11.9. The number of nitrogens with zero attached hydrogens (tertiary/aromatic N) is 3. The van der Waals surface area contributed by atoms with Crippen LogP contribution in [0.15, 0.2) is 78.9 Å². The fourth-order valence-electron chi connectivity index (χ4n) is 5.38. The molecule has 1 amide bonds. The van der Waals surface area contributed by atoms with Crippen molar-refractivity contribution in [3.63, 3.8) is 0 Å². The van der Waals surface area contributed by atoms with Crippen LogP contribution in [0.5, 0.6) is 0 Å². The first kappa shape index (κ1) is 23.3. The summed E-state index contributed by atoms with van der Waals surface area (Å²) in [5.74, 6) is -0.479. The fourth-order valence-corrected chi connectivity index (χ4v) is 5.38. The van der Waals surface area contributed by atoms with Crippen LogP contribution in [0.1, 0.15) is 16.7 Å². The van der Waals surface area contributed by atoms with Crippen molar-refractivity contribution in [2.45, 2.75) is 25.2 Å². The Balaban J connectivity index is 1.47. The molecule has 3 aromatic carbocycles. The van der Waals surface area contributed by atoms with E-state index in [4.69, 9.17) is 0 Å². The number of fused-ring (bicyclic) bond motifs is 3. The normalized spacial score (nSPS) is 19.7. The zero-order chi connectivity index (χ0) is 24.6. The molecule has 2 atom stereocenters. The number of carbonyl (C=O) groups is 1. The van der Waals surface area contributed by atoms with Crippen LogP contribution in [0.25, 0.3) is 0 Å². The second kappa shape index (κ2) is 9.29. The summed E-state index contributed by atoms with van der Waals surface area (Å²) < 4.78 is 40.4. The van der Waals surface area contributed by atoms with Gasteiger partial charge >= 0.3 is 6.18 Å². The summed E-state index contributed by atoms with van der Waals surface area (Å²) in [7, 11) is 1.78. The van der Waals surface area contributed by atoms with Crippen LogP contribution in [0.2, 0.25) is 0 Å².